The first-order valence-electron chi connectivity index (χ1n) is 7.30. The summed E-state index contributed by atoms with van der Waals surface area (Å²) in [7, 11) is 4.02. The third-order valence-corrected chi connectivity index (χ3v) is 5.12. The van der Waals surface area contributed by atoms with Gasteiger partial charge in [-0.3, -0.25) is 4.79 Å². The molecule has 5 heteroatoms. The fraction of sp³-hybridized carbons (Fsp3) is 0.412. The zero-order valence-corrected chi connectivity index (χ0v) is 14.6. The topological polar surface area (TPSA) is 45.2 Å². The Morgan fingerprint density at radius 3 is 2.50 bits per heavy atom. The predicted molar refractivity (Wildman–Crippen MR) is 92.4 cm³/mol. The van der Waals surface area contributed by atoms with E-state index in [1.54, 1.807) is 0 Å². The maximum atomic E-state index is 12.4. The summed E-state index contributed by atoms with van der Waals surface area (Å²) in [5, 5.41) is 3.90. The van der Waals surface area contributed by atoms with E-state index in [-0.39, 0.29) is 11.4 Å². The maximum absolute atomic E-state index is 12.4. The Hall–Kier alpha value is -1.72. The van der Waals surface area contributed by atoms with E-state index in [4.69, 9.17) is 0 Å². The predicted octanol–water partition coefficient (Wildman–Crippen LogP) is 3.19. The van der Waals surface area contributed by atoms with Gasteiger partial charge in [0.05, 0.1) is 5.69 Å². The van der Waals surface area contributed by atoms with Crippen LogP contribution in [0.25, 0.3) is 10.6 Å². The molecule has 118 valence electrons. The smallest absolute Gasteiger partial charge is 0.263 e. The highest BCUT2D eigenvalue weighted by atomic mass is 32.1. The summed E-state index contributed by atoms with van der Waals surface area (Å²) in [5.41, 5.74) is 1.74. The molecule has 1 aromatic heterocycles. The molecule has 0 aliphatic rings. The SMILES string of the molecule is Cc1nc(-c2ccccc2)sc1C(=O)NCC(C)(C)N(C)C. The third-order valence-electron chi connectivity index (χ3n) is 3.92. The largest absolute Gasteiger partial charge is 0.349 e. The zero-order valence-electron chi connectivity index (χ0n) is 13.8. The van der Waals surface area contributed by atoms with Crippen LogP contribution in [0.5, 0.6) is 0 Å². The average molecular weight is 317 g/mol. The molecule has 0 aliphatic heterocycles. The molecule has 1 aromatic carbocycles. The molecule has 0 fully saturated rings. The number of carbonyl (C=O) groups excluding carboxylic acids is 1. The van der Waals surface area contributed by atoms with E-state index >= 15 is 0 Å². The van der Waals surface area contributed by atoms with Crippen molar-refractivity contribution in [1.29, 1.82) is 0 Å². The summed E-state index contributed by atoms with van der Waals surface area (Å²) in [6.07, 6.45) is 0. The first-order valence-corrected chi connectivity index (χ1v) is 8.11. The van der Waals surface area contributed by atoms with E-state index in [2.05, 4.69) is 29.0 Å². The lowest BCUT2D eigenvalue weighted by Gasteiger charge is -2.32. The van der Waals surface area contributed by atoms with Gasteiger partial charge in [0.2, 0.25) is 0 Å². The number of aromatic nitrogens is 1. The Balaban J connectivity index is 2.13. The summed E-state index contributed by atoms with van der Waals surface area (Å²) >= 11 is 1.44. The van der Waals surface area contributed by atoms with Crippen molar-refractivity contribution >= 4 is 17.2 Å². The van der Waals surface area contributed by atoms with Gasteiger partial charge in [-0.1, -0.05) is 30.3 Å². The summed E-state index contributed by atoms with van der Waals surface area (Å²) in [6.45, 7) is 6.68. The summed E-state index contributed by atoms with van der Waals surface area (Å²) in [6, 6.07) is 9.95. The molecule has 0 bridgehead atoms. The Morgan fingerprint density at radius 2 is 1.91 bits per heavy atom. The number of rotatable bonds is 5. The second kappa shape index (κ2) is 6.58. The Labute approximate surface area is 136 Å². The van der Waals surface area contributed by atoms with Crippen molar-refractivity contribution < 1.29 is 4.79 Å². The maximum Gasteiger partial charge on any atom is 0.263 e. The highest BCUT2D eigenvalue weighted by Gasteiger charge is 2.23. The quantitative estimate of drug-likeness (QED) is 0.921. The van der Waals surface area contributed by atoms with Gasteiger partial charge in [0.1, 0.15) is 9.88 Å². The number of hydrogen-bond acceptors (Lipinski definition) is 4. The molecule has 2 aromatic rings. The summed E-state index contributed by atoms with van der Waals surface area (Å²) < 4.78 is 0. The minimum absolute atomic E-state index is 0.0490. The molecule has 0 saturated carbocycles. The molecule has 0 unspecified atom stereocenters. The normalized spacial score (nSPS) is 11.7. The lowest BCUT2D eigenvalue weighted by Crippen LogP contribution is -2.48. The number of amides is 1. The van der Waals surface area contributed by atoms with Crippen molar-refractivity contribution in [2.45, 2.75) is 26.3 Å². The van der Waals surface area contributed by atoms with Crippen molar-refractivity contribution in [1.82, 2.24) is 15.2 Å². The van der Waals surface area contributed by atoms with Crippen LogP contribution in [0.15, 0.2) is 30.3 Å². The molecule has 0 radical (unpaired) electrons. The average Bonchev–Trinajstić information content (AvgIpc) is 2.88. The molecule has 0 atom stereocenters. The number of thiazole rings is 1. The van der Waals surface area contributed by atoms with E-state index in [0.717, 1.165) is 16.3 Å². The van der Waals surface area contributed by atoms with Crippen LogP contribution >= 0.6 is 11.3 Å². The van der Waals surface area contributed by atoms with E-state index in [0.29, 0.717) is 11.4 Å². The Bertz CT molecular complexity index is 647. The van der Waals surface area contributed by atoms with E-state index in [9.17, 15) is 4.79 Å². The lowest BCUT2D eigenvalue weighted by molar-refractivity contribution is 0.0923. The van der Waals surface area contributed by atoms with Gasteiger partial charge >= 0.3 is 0 Å². The summed E-state index contributed by atoms with van der Waals surface area (Å²) in [4.78, 5) is 19.7. The van der Waals surface area contributed by atoms with Crippen LogP contribution in [-0.2, 0) is 0 Å². The first-order chi connectivity index (χ1) is 10.3. The van der Waals surface area contributed by atoms with Gasteiger partial charge in [0, 0.05) is 17.6 Å². The van der Waals surface area contributed by atoms with Gasteiger partial charge in [-0.25, -0.2) is 4.98 Å². The monoisotopic (exact) mass is 317 g/mol. The number of nitrogens with zero attached hydrogens (tertiary/aromatic N) is 2. The van der Waals surface area contributed by atoms with Crippen molar-refractivity contribution in [3.63, 3.8) is 0 Å². The molecular formula is C17H23N3OS. The summed E-state index contributed by atoms with van der Waals surface area (Å²) in [5.74, 6) is -0.0490. The molecule has 1 heterocycles. The van der Waals surface area contributed by atoms with Crippen LogP contribution in [0.2, 0.25) is 0 Å². The zero-order chi connectivity index (χ0) is 16.3. The lowest BCUT2D eigenvalue weighted by atomic mass is 10.0. The van der Waals surface area contributed by atoms with Gasteiger partial charge in [-0.15, -0.1) is 11.3 Å². The molecule has 22 heavy (non-hydrogen) atoms. The molecule has 0 spiro atoms. The van der Waals surface area contributed by atoms with Crippen LogP contribution in [-0.4, -0.2) is 42.0 Å². The van der Waals surface area contributed by atoms with Gasteiger partial charge in [0.25, 0.3) is 5.91 Å². The fourth-order valence-electron chi connectivity index (χ4n) is 1.85. The van der Waals surface area contributed by atoms with Crippen LogP contribution in [0.3, 0.4) is 0 Å². The minimum Gasteiger partial charge on any atom is -0.349 e. The van der Waals surface area contributed by atoms with Gasteiger partial charge in [-0.05, 0) is 34.9 Å². The number of likely N-dealkylation sites (N-methyl/N-ethyl adjacent to an activating group) is 1. The molecule has 1 amide bonds. The van der Waals surface area contributed by atoms with Gasteiger partial charge in [-0.2, -0.15) is 0 Å². The van der Waals surface area contributed by atoms with E-state index in [1.165, 1.54) is 11.3 Å². The molecular weight excluding hydrogens is 294 g/mol. The molecule has 0 aliphatic carbocycles. The number of nitrogens with one attached hydrogen (secondary N) is 1. The second-order valence-corrected chi connectivity index (χ2v) is 7.19. The molecule has 1 N–H and O–H groups in total. The molecule has 2 rings (SSSR count). The van der Waals surface area contributed by atoms with Crippen molar-refractivity contribution in [3.8, 4) is 10.6 Å². The van der Waals surface area contributed by atoms with Crippen LogP contribution < -0.4 is 5.32 Å². The first kappa shape index (κ1) is 16.6. The van der Waals surface area contributed by atoms with Crippen molar-refractivity contribution in [2.24, 2.45) is 0 Å². The van der Waals surface area contributed by atoms with Gasteiger partial charge in [0.15, 0.2) is 0 Å². The number of hydrogen-bond donors (Lipinski definition) is 1. The third kappa shape index (κ3) is 3.72. The highest BCUT2D eigenvalue weighted by molar-refractivity contribution is 7.17. The van der Waals surface area contributed by atoms with E-state index in [1.807, 2.05) is 51.4 Å². The highest BCUT2D eigenvalue weighted by Crippen LogP contribution is 2.27. The number of carbonyl (C=O) groups is 1. The Kier molecular flexibility index (Phi) is 4.98. The minimum atomic E-state index is -0.0868. The van der Waals surface area contributed by atoms with Crippen molar-refractivity contribution in [3.05, 3.63) is 40.9 Å². The van der Waals surface area contributed by atoms with Crippen LogP contribution in [0.4, 0.5) is 0 Å². The standard InChI is InChI=1S/C17H23N3OS/c1-12-14(15(21)18-11-17(2,3)20(4)5)22-16(19-12)13-9-7-6-8-10-13/h6-10H,11H2,1-5H3,(H,18,21). The molecule has 0 saturated heterocycles. The number of aryl methyl sites for hydroxylation is 1. The van der Waals surface area contributed by atoms with Crippen LogP contribution in [0.1, 0.15) is 29.2 Å². The van der Waals surface area contributed by atoms with Gasteiger partial charge < -0.3 is 10.2 Å². The van der Waals surface area contributed by atoms with Crippen LogP contribution in [0, 0.1) is 6.92 Å². The number of benzene rings is 1. The Morgan fingerprint density at radius 1 is 1.27 bits per heavy atom. The fourth-order valence-corrected chi connectivity index (χ4v) is 2.83. The van der Waals surface area contributed by atoms with E-state index < -0.39 is 0 Å². The van der Waals surface area contributed by atoms with Crippen molar-refractivity contribution in [2.75, 3.05) is 20.6 Å². The second-order valence-electron chi connectivity index (χ2n) is 6.19. The molecule has 4 nitrogen and oxygen atoms in total.